The Morgan fingerprint density at radius 1 is 1.14 bits per heavy atom. The summed E-state index contributed by atoms with van der Waals surface area (Å²) in [7, 11) is 2.03. The summed E-state index contributed by atoms with van der Waals surface area (Å²) in [6.45, 7) is 6.67. The third-order valence-electron chi connectivity index (χ3n) is 5.16. The standard InChI is InChI=1S/C20H25N7O/c1-3-16-12-19(28)24-20(23-16)15-4-5-17(22-13-15)27-10-8-26(9-11-27)14-18-21-6-7-25(18)2/h4-7,12-13H,3,8-11,14H2,1-2H3,(H,23,24,28). The van der Waals surface area contributed by atoms with Crippen molar-refractivity contribution in [1.82, 2.24) is 29.4 Å². The quantitative estimate of drug-likeness (QED) is 0.723. The predicted molar refractivity (Wildman–Crippen MR) is 108 cm³/mol. The summed E-state index contributed by atoms with van der Waals surface area (Å²) < 4.78 is 2.07. The second kappa shape index (κ2) is 7.93. The van der Waals surface area contributed by atoms with Crippen molar-refractivity contribution in [2.24, 2.45) is 7.05 Å². The zero-order valence-corrected chi connectivity index (χ0v) is 16.3. The summed E-state index contributed by atoms with van der Waals surface area (Å²) in [5, 5.41) is 0. The fourth-order valence-corrected chi connectivity index (χ4v) is 3.42. The maximum absolute atomic E-state index is 11.8. The minimum Gasteiger partial charge on any atom is -0.354 e. The summed E-state index contributed by atoms with van der Waals surface area (Å²) in [6, 6.07) is 5.51. The third kappa shape index (κ3) is 3.96. The van der Waals surface area contributed by atoms with E-state index in [1.807, 2.05) is 38.5 Å². The summed E-state index contributed by atoms with van der Waals surface area (Å²) in [4.78, 5) is 32.8. The van der Waals surface area contributed by atoms with Crippen LogP contribution in [0.2, 0.25) is 0 Å². The Balaban J connectivity index is 1.40. The first-order valence-corrected chi connectivity index (χ1v) is 9.62. The predicted octanol–water partition coefficient (Wildman–Crippen LogP) is 1.45. The summed E-state index contributed by atoms with van der Waals surface area (Å²) in [5.41, 5.74) is 1.48. The molecule has 146 valence electrons. The van der Waals surface area contributed by atoms with Crippen LogP contribution in [0.4, 0.5) is 5.82 Å². The number of piperazine rings is 1. The largest absolute Gasteiger partial charge is 0.354 e. The van der Waals surface area contributed by atoms with Crippen LogP contribution in [-0.2, 0) is 20.0 Å². The van der Waals surface area contributed by atoms with Crippen LogP contribution in [0.25, 0.3) is 11.4 Å². The zero-order valence-electron chi connectivity index (χ0n) is 16.3. The van der Waals surface area contributed by atoms with Gasteiger partial charge in [0.25, 0.3) is 5.56 Å². The van der Waals surface area contributed by atoms with Gasteiger partial charge in [-0.25, -0.2) is 15.0 Å². The molecule has 1 aliphatic heterocycles. The molecular formula is C20H25N7O. The second-order valence-electron chi connectivity index (χ2n) is 7.06. The van der Waals surface area contributed by atoms with E-state index in [0.717, 1.165) is 62.0 Å². The number of nitrogens with zero attached hydrogens (tertiary/aromatic N) is 6. The molecule has 0 unspecified atom stereocenters. The highest BCUT2D eigenvalue weighted by Crippen LogP contribution is 2.19. The van der Waals surface area contributed by atoms with Crippen molar-refractivity contribution >= 4 is 5.82 Å². The lowest BCUT2D eigenvalue weighted by atomic mass is 10.2. The maximum Gasteiger partial charge on any atom is 0.251 e. The Morgan fingerprint density at radius 2 is 1.96 bits per heavy atom. The van der Waals surface area contributed by atoms with Crippen LogP contribution in [0.3, 0.4) is 0 Å². The molecule has 0 atom stereocenters. The SMILES string of the molecule is CCc1cc(=O)[nH]c(-c2ccc(N3CCN(Cc4nccn4C)CC3)nc2)n1. The Labute approximate surface area is 163 Å². The lowest BCUT2D eigenvalue weighted by Gasteiger charge is -2.35. The first kappa shape index (κ1) is 18.4. The maximum atomic E-state index is 11.8. The Bertz CT molecular complexity index is 984. The molecule has 28 heavy (non-hydrogen) atoms. The molecule has 1 fully saturated rings. The van der Waals surface area contributed by atoms with E-state index < -0.39 is 0 Å². The zero-order chi connectivity index (χ0) is 19.5. The van der Waals surface area contributed by atoms with Crippen molar-refractivity contribution in [3.63, 3.8) is 0 Å². The van der Waals surface area contributed by atoms with E-state index in [2.05, 4.69) is 34.3 Å². The van der Waals surface area contributed by atoms with Crippen molar-refractivity contribution in [1.29, 1.82) is 0 Å². The number of rotatable bonds is 5. The molecule has 4 heterocycles. The van der Waals surface area contributed by atoms with Gasteiger partial charge in [0.05, 0.1) is 6.54 Å². The Hall–Kier alpha value is -3.00. The van der Waals surface area contributed by atoms with Gasteiger partial charge in [0.15, 0.2) is 0 Å². The molecule has 0 aromatic carbocycles. The molecule has 0 spiro atoms. The highest BCUT2D eigenvalue weighted by molar-refractivity contribution is 5.56. The lowest BCUT2D eigenvalue weighted by Crippen LogP contribution is -2.46. The summed E-state index contributed by atoms with van der Waals surface area (Å²) in [6.07, 6.45) is 6.34. The van der Waals surface area contributed by atoms with E-state index in [1.54, 1.807) is 6.20 Å². The minimum atomic E-state index is -0.130. The topological polar surface area (TPSA) is 82.9 Å². The number of aromatic amines is 1. The first-order valence-electron chi connectivity index (χ1n) is 9.62. The molecule has 0 amide bonds. The van der Waals surface area contributed by atoms with Gasteiger partial charge in [-0.2, -0.15) is 0 Å². The Kier molecular flexibility index (Phi) is 5.21. The molecule has 0 saturated carbocycles. The average molecular weight is 379 g/mol. The highest BCUT2D eigenvalue weighted by Gasteiger charge is 2.19. The van der Waals surface area contributed by atoms with E-state index in [4.69, 9.17) is 0 Å². The normalized spacial score (nSPS) is 15.1. The van der Waals surface area contributed by atoms with Crippen LogP contribution < -0.4 is 10.5 Å². The van der Waals surface area contributed by atoms with Gasteiger partial charge < -0.3 is 14.5 Å². The van der Waals surface area contributed by atoms with Crippen LogP contribution in [0, 0.1) is 0 Å². The number of H-pyrrole nitrogens is 1. The van der Waals surface area contributed by atoms with Gasteiger partial charge in [-0.05, 0) is 18.6 Å². The van der Waals surface area contributed by atoms with Gasteiger partial charge in [0.1, 0.15) is 17.5 Å². The number of nitrogens with one attached hydrogen (secondary N) is 1. The number of hydrogen-bond acceptors (Lipinski definition) is 6. The van der Waals surface area contributed by atoms with E-state index in [9.17, 15) is 4.79 Å². The lowest BCUT2D eigenvalue weighted by molar-refractivity contribution is 0.241. The van der Waals surface area contributed by atoms with Gasteiger partial charge in [0, 0.05) is 69.1 Å². The van der Waals surface area contributed by atoms with Gasteiger partial charge in [-0.1, -0.05) is 6.92 Å². The van der Waals surface area contributed by atoms with Gasteiger partial charge >= 0.3 is 0 Å². The van der Waals surface area contributed by atoms with Gasteiger partial charge in [0.2, 0.25) is 0 Å². The van der Waals surface area contributed by atoms with Crippen molar-refractivity contribution < 1.29 is 0 Å². The van der Waals surface area contributed by atoms with Crippen molar-refractivity contribution in [2.45, 2.75) is 19.9 Å². The smallest absolute Gasteiger partial charge is 0.251 e. The molecule has 1 aliphatic rings. The average Bonchev–Trinajstić information content (AvgIpc) is 3.12. The van der Waals surface area contributed by atoms with E-state index in [1.165, 1.54) is 6.07 Å². The monoisotopic (exact) mass is 379 g/mol. The van der Waals surface area contributed by atoms with Crippen molar-refractivity contribution in [2.75, 3.05) is 31.1 Å². The molecule has 1 N–H and O–H groups in total. The number of imidazole rings is 1. The summed E-state index contributed by atoms with van der Waals surface area (Å²) in [5.74, 6) is 2.62. The molecule has 3 aromatic rings. The van der Waals surface area contributed by atoms with Crippen molar-refractivity contribution in [3.8, 4) is 11.4 Å². The van der Waals surface area contributed by atoms with E-state index in [0.29, 0.717) is 5.82 Å². The second-order valence-corrected chi connectivity index (χ2v) is 7.06. The molecule has 0 radical (unpaired) electrons. The molecular weight excluding hydrogens is 354 g/mol. The number of hydrogen-bond donors (Lipinski definition) is 1. The molecule has 1 saturated heterocycles. The number of anilines is 1. The first-order chi connectivity index (χ1) is 13.6. The van der Waals surface area contributed by atoms with Gasteiger partial charge in [-0.3, -0.25) is 9.69 Å². The third-order valence-corrected chi connectivity index (χ3v) is 5.16. The highest BCUT2D eigenvalue weighted by atomic mass is 16.1. The molecule has 3 aromatic heterocycles. The van der Waals surface area contributed by atoms with Crippen molar-refractivity contribution in [3.05, 3.63) is 58.7 Å². The number of pyridine rings is 1. The summed E-state index contributed by atoms with van der Waals surface area (Å²) >= 11 is 0. The fourth-order valence-electron chi connectivity index (χ4n) is 3.42. The molecule has 0 bridgehead atoms. The number of aryl methyl sites for hydroxylation is 2. The van der Waals surface area contributed by atoms with Gasteiger partial charge in [-0.15, -0.1) is 0 Å². The van der Waals surface area contributed by atoms with Crippen LogP contribution >= 0.6 is 0 Å². The minimum absolute atomic E-state index is 0.130. The Morgan fingerprint density at radius 3 is 2.61 bits per heavy atom. The molecule has 0 aliphatic carbocycles. The van der Waals surface area contributed by atoms with Crippen LogP contribution in [0.1, 0.15) is 18.4 Å². The fraction of sp³-hybridized carbons (Fsp3) is 0.400. The van der Waals surface area contributed by atoms with E-state index >= 15 is 0 Å². The molecule has 8 heteroatoms. The molecule has 8 nitrogen and oxygen atoms in total. The number of aromatic nitrogens is 5. The van der Waals surface area contributed by atoms with Crippen LogP contribution in [0.5, 0.6) is 0 Å². The van der Waals surface area contributed by atoms with E-state index in [-0.39, 0.29) is 5.56 Å². The molecule has 4 rings (SSSR count). The van der Waals surface area contributed by atoms with Crippen LogP contribution in [0.15, 0.2) is 41.6 Å². The van der Waals surface area contributed by atoms with Crippen LogP contribution in [-0.4, -0.2) is 55.6 Å².